The third-order valence-electron chi connectivity index (χ3n) is 2.83. The Bertz CT molecular complexity index is 659. The van der Waals surface area contributed by atoms with Crippen molar-refractivity contribution in [2.75, 3.05) is 5.32 Å². The van der Waals surface area contributed by atoms with Crippen LogP contribution in [0.5, 0.6) is 0 Å². The van der Waals surface area contributed by atoms with Crippen molar-refractivity contribution in [3.63, 3.8) is 0 Å². The first-order valence-electron chi connectivity index (χ1n) is 5.96. The summed E-state index contributed by atoms with van der Waals surface area (Å²) in [5, 5.41) is 3.38. The highest BCUT2D eigenvalue weighted by molar-refractivity contribution is 5.77. The number of oxazole rings is 1. The minimum Gasteiger partial charge on any atom is -0.441 e. The van der Waals surface area contributed by atoms with E-state index in [2.05, 4.69) is 22.4 Å². The van der Waals surface area contributed by atoms with Crippen LogP contribution in [0, 0.1) is 6.92 Å². The lowest BCUT2D eigenvalue weighted by molar-refractivity contribution is 0.561. The lowest BCUT2D eigenvalue weighted by Gasteiger charge is -2.05. The second-order valence-electron chi connectivity index (χ2n) is 4.25. The van der Waals surface area contributed by atoms with E-state index in [4.69, 9.17) is 4.42 Å². The maximum Gasteiger partial charge on any atom is 0.192 e. The number of hydrogen-bond acceptors (Lipinski definition) is 3. The molecule has 0 aliphatic rings. The summed E-state index contributed by atoms with van der Waals surface area (Å²) in [6, 6.07) is 16.3. The van der Waals surface area contributed by atoms with Crippen LogP contribution in [0.25, 0.3) is 11.1 Å². The number of anilines is 1. The average Bonchev–Trinajstić information content (AvgIpc) is 2.77. The summed E-state index contributed by atoms with van der Waals surface area (Å²) in [4.78, 5) is 4.32. The fraction of sp³-hybridized carbons (Fsp3) is 0.133. The molecule has 0 amide bonds. The second kappa shape index (κ2) is 4.53. The molecule has 3 nitrogen and oxygen atoms in total. The van der Waals surface area contributed by atoms with E-state index in [1.165, 1.54) is 5.56 Å². The SMILES string of the molecule is Cc1nc2cc(NCc3ccccc3)ccc2o1. The van der Waals surface area contributed by atoms with Gasteiger partial charge in [0.25, 0.3) is 0 Å². The number of fused-ring (bicyclic) bond motifs is 1. The normalized spacial score (nSPS) is 10.7. The molecule has 90 valence electrons. The van der Waals surface area contributed by atoms with Crippen LogP contribution in [0.2, 0.25) is 0 Å². The van der Waals surface area contributed by atoms with Crippen molar-refractivity contribution in [2.45, 2.75) is 13.5 Å². The fourth-order valence-corrected chi connectivity index (χ4v) is 1.95. The van der Waals surface area contributed by atoms with Crippen molar-refractivity contribution in [3.05, 3.63) is 60.0 Å². The quantitative estimate of drug-likeness (QED) is 0.755. The van der Waals surface area contributed by atoms with Gasteiger partial charge in [0.1, 0.15) is 5.52 Å². The number of aryl methyl sites for hydroxylation is 1. The van der Waals surface area contributed by atoms with Crippen LogP contribution in [0.3, 0.4) is 0 Å². The van der Waals surface area contributed by atoms with Gasteiger partial charge in [-0.1, -0.05) is 30.3 Å². The van der Waals surface area contributed by atoms with Crippen LogP contribution >= 0.6 is 0 Å². The Morgan fingerprint density at radius 2 is 1.94 bits per heavy atom. The van der Waals surface area contributed by atoms with Gasteiger partial charge in [-0.05, 0) is 23.8 Å². The van der Waals surface area contributed by atoms with Gasteiger partial charge in [0, 0.05) is 19.2 Å². The third kappa shape index (κ3) is 2.20. The van der Waals surface area contributed by atoms with Gasteiger partial charge < -0.3 is 9.73 Å². The fourth-order valence-electron chi connectivity index (χ4n) is 1.95. The lowest BCUT2D eigenvalue weighted by Crippen LogP contribution is -1.98. The van der Waals surface area contributed by atoms with E-state index in [1.807, 2.05) is 43.3 Å². The minimum absolute atomic E-state index is 0.699. The Kier molecular flexibility index (Phi) is 2.73. The molecule has 3 heteroatoms. The van der Waals surface area contributed by atoms with Crippen molar-refractivity contribution in [2.24, 2.45) is 0 Å². The van der Waals surface area contributed by atoms with E-state index in [0.29, 0.717) is 5.89 Å². The Morgan fingerprint density at radius 3 is 2.78 bits per heavy atom. The molecule has 18 heavy (non-hydrogen) atoms. The molecule has 3 aromatic rings. The van der Waals surface area contributed by atoms with Crippen molar-refractivity contribution in [1.29, 1.82) is 0 Å². The summed E-state index contributed by atoms with van der Waals surface area (Å²) in [7, 11) is 0. The van der Waals surface area contributed by atoms with Gasteiger partial charge in [-0.3, -0.25) is 0 Å². The summed E-state index contributed by atoms with van der Waals surface area (Å²) in [5.41, 5.74) is 4.04. The number of hydrogen-bond donors (Lipinski definition) is 1. The van der Waals surface area contributed by atoms with Gasteiger partial charge in [-0.25, -0.2) is 4.98 Å². The maximum atomic E-state index is 5.45. The number of nitrogens with zero attached hydrogens (tertiary/aromatic N) is 1. The molecule has 0 aliphatic heterocycles. The van der Waals surface area contributed by atoms with Gasteiger partial charge in [-0.15, -0.1) is 0 Å². The van der Waals surface area contributed by atoms with Gasteiger partial charge >= 0.3 is 0 Å². The van der Waals surface area contributed by atoms with E-state index in [9.17, 15) is 0 Å². The number of aromatic nitrogens is 1. The van der Waals surface area contributed by atoms with Crippen LogP contribution in [0.15, 0.2) is 52.9 Å². The van der Waals surface area contributed by atoms with Crippen LogP contribution < -0.4 is 5.32 Å². The third-order valence-corrected chi connectivity index (χ3v) is 2.83. The summed E-state index contributed by atoms with van der Waals surface area (Å²) < 4.78 is 5.45. The van der Waals surface area contributed by atoms with Crippen molar-refractivity contribution >= 4 is 16.8 Å². The molecule has 1 N–H and O–H groups in total. The van der Waals surface area contributed by atoms with E-state index in [1.54, 1.807) is 0 Å². The Morgan fingerprint density at radius 1 is 1.11 bits per heavy atom. The Hall–Kier alpha value is -2.29. The molecule has 0 bridgehead atoms. The number of benzene rings is 2. The first-order chi connectivity index (χ1) is 8.81. The summed E-state index contributed by atoms with van der Waals surface area (Å²) in [6.45, 7) is 2.67. The molecule has 0 spiro atoms. The highest BCUT2D eigenvalue weighted by Crippen LogP contribution is 2.20. The van der Waals surface area contributed by atoms with E-state index in [0.717, 1.165) is 23.3 Å². The molecule has 0 saturated carbocycles. The predicted molar refractivity (Wildman–Crippen MR) is 72.5 cm³/mol. The van der Waals surface area contributed by atoms with E-state index >= 15 is 0 Å². The van der Waals surface area contributed by atoms with Gasteiger partial charge in [-0.2, -0.15) is 0 Å². The first kappa shape index (κ1) is 10.8. The van der Waals surface area contributed by atoms with Crippen molar-refractivity contribution in [1.82, 2.24) is 4.98 Å². The van der Waals surface area contributed by atoms with Crippen molar-refractivity contribution in [3.8, 4) is 0 Å². The van der Waals surface area contributed by atoms with Crippen LogP contribution in [-0.4, -0.2) is 4.98 Å². The van der Waals surface area contributed by atoms with Gasteiger partial charge in [0.2, 0.25) is 0 Å². The molecule has 0 unspecified atom stereocenters. The summed E-state index contributed by atoms with van der Waals surface area (Å²) in [5.74, 6) is 0.699. The smallest absolute Gasteiger partial charge is 0.192 e. The molecular formula is C15H14N2O. The maximum absolute atomic E-state index is 5.45. The molecule has 0 aliphatic carbocycles. The lowest BCUT2D eigenvalue weighted by atomic mass is 10.2. The molecule has 1 heterocycles. The van der Waals surface area contributed by atoms with Gasteiger partial charge in [0.05, 0.1) is 0 Å². The first-order valence-corrected chi connectivity index (χ1v) is 5.96. The number of nitrogens with one attached hydrogen (secondary N) is 1. The summed E-state index contributed by atoms with van der Waals surface area (Å²) in [6.07, 6.45) is 0. The topological polar surface area (TPSA) is 38.1 Å². The molecule has 0 fully saturated rings. The average molecular weight is 238 g/mol. The monoisotopic (exact) mass is 238 g/mol. The second-order valence-corrected chi connectivity index (χ2v) is 4.25. The molecular weight excluding hydrogens is 224 g/mol. The number of rotatable bonds is 3. The predicted octanol–water partition coefficient (Wildman–Crippen LogP) is 3.75. The zero-order valence-electron chi connectivity index (χ0n) is 10.2. The van der Waals surface area contributed by atoms with Crippen molar-refractivity contribution < 1.29 is 4.42 Å². The highest BCUT2D eigenvalue weighted by Gasteiger charge is 2.02. The zero-order valence-corrected chi connectivity index (χ0v) is 10.2. The molecule has 2 aromatic carbocycles. The molecule has 1 aromatic heterocycles. The molecule has 3 rings (SSSR count). The minimum atomic E-state index is 0.699. The van der Waals surface area contributed by atoms with E-state index in [-0.39, 0.29) is 0 Å². The molecule has 0 atom stereocenters. The zero-order chi connectivity index (χ0) is 12.4. The van der Waals surface area contributed by atoms with Crippen LogP contribution in [0.1, 0.15) is 11.5 Å². The highest BCUT2D eigenvalue weighted by atomic mass is 16.3. The Labute approximate surface area is 105 Å². The van der Waals surface area contributed by atoms with Crippen LogP contribution in [0.4, 0.5) is 5.69 Å². The molecule has 0 saturated heterocycles. The largest absolute Gasteiger partial charge is 0.441 e. The van der Waals surface area contributed by atoms with Crippen LogP contribution in [-0.2, 0) is 6.54 Å². The van der Waals surface area contributed by atoms with E-state index < -0.39 is 0 Å². The molecule has 0 radical (unpaired) electrons. The summed E-state index contributed by atoms with van der Waals surface area (Å²) >= 11 is 0. The Balaban J connectivity index is 1.78. The van der Waals surface area contributed by atoms with Gasteiger partial charge in [0.15, 0.2) is 11.5 Å². The standard InChI is InChI=1S/C15H14N2O/c1-11-17-14-9-13(7-8-15(14)18-11)16-10-12-5-3-2-4-6-12/h2-9,16H,10H2,1H3.